The zero-order chi connectivity index (χ0) is 16.0. The molecule has 124 valence electrons. The van der Waals surface area contributed by atoms with E-state index in [-0.39, 0.29) is 6.09 Å². The second-order valence-corrected chi connectivity index (χ2v) is 8.45. The number of nitrogens with zero attached hydrogens (tertiary/aromatic N) is 1. The third-order valence-electron chi connectivity index (χ3n) is 3.43. The smallest absolute Gasteiger partial charge is 0.410 e. The van der Waals surface area contributed by atoms with E-state index in [2.05, 4.69) is 12.2 Å². The van der Waals surface area contributed by atoms with Crippen LogP contribution in [0.25, 0.3) is 0 Å². The maximum atomic E-state index is 12.1. The van der Waals surface area contributed by atoms with Crippen molar-refractivity contribution in [2.24, 2.45) is 0 Å². The molecule has 1 N–H and O–H groups in total. The lowest BCUT2D eigenvalue weighted by atomic mass is 10.0. The number of ether oxygens (including phenoxy) is 1. The molecule has 0 aliphatic carbocycles. The van der Waals surface area contributed by atoms with Crippen LogP contribution in [0.4, 0.5) is 4.79 Å². The SMILES string of the molecule is CC(CCS(C)=O)NC1CCCN(C(=O)OC(C)(C)C)C1. The van der Waals surface area contributed by atoms with Gasteiger partial charge in [-0.05, 0) is 47.0 Å². The standard InChI is InChI=1S/C15H30N2O3S/c1-12(8-10-21(5)19)16-13-7-6-9-17(11-13)14(18)20-15(2,3)4/h12-13,16H,6-11H2,1-5H3. The molecule has 0 saturated carbocycles. The molecule has 1 amide bonds. The van der Waals surface area contributed by atoms with Gasteiger partial charge in [0.2, 0.25) is 0 Å². The summed E-state index contributed by atoms with van der Waals surface area (Å²) in [6, 6.07) is 0.615. The van der Waals surface area contributed by atoms with E-state index in [0.717, 1.165) is 31.6 Å². The first-order valence-corrected chi connectivity index (χ1v) is 9.44. The molecule has 5 nitrogen and oxygen atoms in total. The van der Waals surface area contributed by atoms with E-state index in [1.54, 1.807) is 11.2 Å². The van der Waals surface area contributed by atoms with Gasteiger partial charge in [-0.1, -0.05) is 0 Å². The van der Waals surface area contributed by atoms with Crippen LogP contribution in [0.5, 0.6) is 0 Å². The molecule has 1 aliphatic heterocycles. The summed E-state index contributed by atoms with van der Waals surface area (Å²) < 4.78 is 16.6. The summed E-state index contributed by atoms with van der Waals surface area (Å²) in [7, 11) is -0.743. The second kappa shape index (κ2) is 8.13. The van der Waals surface area contributed by atoms with E-state index in [1.165, 1.54) is 0 Å². The Labute approximate surface area is 131 Å². The third-order valence-corrected chi connectivity index (χ3v) is 4.24. The number of hydrogen-bond acceptors (Lipinski definition) is 4. The van der Waals surface area contributed by atoms with Crippen LogP contribution in [0.15, 0.2) is 0 Å². The Bertz CT molecular complexity index is 368. The Balaban J connectivity index is 2.41. The van der Waals surface area contributed by atoms with Gasteiger partial charge in [-0.3, -0.25) is 4.21 Å². The maximum absolute atomic E-state index is 12.1. The maximum Gasteiger partial charge on any atom is 0.410 e. The van der Waals surface area contributed by atoms with Crippen molar-refractivity contribution in [3.05, 3.63) is 0 Å². The molecule has 0 radical (unpaired) electrons. The number of hydrogen-bond donors (Lipinski definition) is 1. The summed E-state index contributed by atoms with van der Waals surface area (Å²) in [5.41, 5.74) is -0.448. The van der Waals surface area contributed by atoms with Crippen LogP contribution in [0.3, 0.4) is 0 Å². The average molecular weight is 318 g/mol. The number of rotatable bonds is 5. The summed E-state index contributed by atoms with van der Waals surface area (Å²) in [5, 5.41) is 3.54. The highest BCUT2D eigenvalue weighted by atomic mass is 32.2. The molecule has 0 aromatic heterocycles. The molecule has 0 aromatic carbocycles. The normalized spacial score (nSPS) is 22.7. The first kappa shape index (κ1) is 18.4. The van der Waals surface area contributed by atoms with Gasteiger partial charge in [0.05, 0.1) is 0 Å². The van der Waals surface area contributed by atoms with Crippen LogP contribution in [0.1, 0.15) is 47.0 Å². The Morgan fingerprint density at radius 2 is 2.14 bits per heavy atom. The third kappa shape index (κ3) is 7.81. The first-order chi connectivity index (χ1) is 9.67. The Morgan fingerprint density at radius 1 is 1.48 bits per heavy atom. The van der Waals surface area contributed by atoms with Gasteiger partial charge in [-0.15, -0.1) is 0 Å². The van der Waals surface area contributed by atoms with Gasteiger partial charge < -0.3 is 15.0 Å². The van der Waals surface area contributed by atoms with Crippen LogP contribution in [0.2, 0.25) is 0 Å². The van der Waals surface area contributed by atoms with Crippen LogP contribution < -0.4 is 5.32 Å². The summed E-state index contributed by atoms with van der Waals surface area (Å²) in [5.74, 6) is 0.719. The number of amides is 1. The molecule has 1 heterocycles. The van der Waals surface area contributed by atoms with Gasteiger partial charge in [-0.2, -0.15) is 0 Å². The predicted molar refractivity (Wildman–Crippen MR) is 87.0 cm³/mol. The van der Waals surface area contributed by atoms with Crippen LogP contribution >= 0.6 is 0 Å². The summed E-state index contributed by atoms with van der Waals surface area (Å²) >= 11 is 0. The zero-order valence-electron chi connectivity index (χ0n) is 14.0. The minimum absolute atomic E-state index is 0.226. The van der Waals surface area contributed by atoms with Gasteiger partial charge >= 0.3 is 6.09 Å². The van der Waals surface area contributed by atoms with Crippen molar-refractivity contribution in [2.45, 2.75) is 64.6 Å². The van der Waals surface area contributed by atoms with Gasteiger partial charge in [0.1, 0.15) is 5.60 Å². The molecule has 21 heavy (non-hydrogen) atoms. The molecule has 3 atom stereocenters. The number of carbonyl (C=O) groups excluding carboxylic acids is 1. The molecule has 6 heteroatoms. The highest BCUT2D eigenvalue weighted by Gasteiger charge is 2.28. The molecular weight excluding hydrogens is 288 g/mol. The average Bonchev–Trinajstić information content (AvgIpc) is 2.34. The fourth-order valence-electron chi connectivity index (χ4n) is 2.43. The molecule has 0 bridgehead atoms. The molecule has 3 unspecified atom stereocenters. The van der Waals surface area contributed by atoms with Crippen molar-refractivity contribution >= 4 is 16.9 Å². The van der Waals surface area contributed by atoms with E-state index >= 15 is 0 Å². The number of carbonyl (C=O) groups is 1. The lowest BCUT2D eigenvalue weighted by Crippen LogP contribution is -2.51. The molecule has 0 aromatic rings. The topological polar surface area (TPSA) is 58.6 Å². The minimum atomic E-state index is -0.743. The highest BCUT2D eigenvalue weighted by Crippen LogP contribution is 2.16. The Hall–Kier alpha value is -0.620. The van der Waals surface area contributed by atoms with Crippen molar-refractivity contribution < 1.29 is 13.7 Å². The summed E-state index contributed by atoms with van der Waals surface area (Å²) in [6.45, 7) is 9.22. The Kier molecular flexibility index (Phi) is 7.13. The lowest BCUT2D eigenvalue weighted by molar-refractivity contribution is 0.0184. The quantitative estimate of drug-likeness (QED) is 0.844. The second-order valence-electron chi connectivity index (χ2n) is 6.90. The first-order valence-electron chi connectivity index (χ1n) is 7.71. The van der Waals surface area contributed by atoms with E-state index in [9.17, 15) is 9.00 Å². The van der Waals surface area contributed by atoms with Crippen molar-refractivity contribution in [3.63, 3.8) is 0 Å². The van der Waals surface area contributed by atoms with Gasteiger partial charge in [-0.25, -0.2) is 4.79 Å². The minimum Gasteiger partial charge on any atom is -0.444 e. The largest absolute Gasteiger partial charge is 0.444 e. The molecular formula is C15H30N2O3S. The Morgan fingerprint density at radius 3 is 2.71 bits per heavy atom. The fraction of sp³-hybridized carbons (Fsp3) is 0.933. The van der Waals surface area contributed by atoms with Crippen molar-refractivity contribution in [1.82, 2.24) is 10.2 Å². The fourth-order valence-corrected chi connectivity index (χ4v) is 3.12. The van der Waals surface area contributed by atoms with E-state index in [1.807, 2.05) is 20.8 Å². The molecule has 1 fully saturated rings. The molecule has 1 saturated heterocycles. The molecule has 1 rings (SSSR count). The van der Waals surface area contributed by atoms with Crippen LogP contribution in [-0.4, -0.2) is 58.0 Å². The van der Waals surface area contributed by atoms with Gasteiger partial charge in [0.15, 0.2) is 0 Å². The van der Waals surface area contributed by atoms with E-state index in [4.69, 9.17) is 4.74 Å². The van der Waals surface area contributed by atoms with Crippen molar-refractivity contribution in [1.29, 1.82) is 0 Å². The highest BCUT2D eigenvalue weighted by molar-refractivity contribution is 7.84. The number of likely N-dealkylation sites (tertiary alicyclic amines) is 1. The predicted octanol–water partition coefficient (Wildman–Crippen LogP) is 2.13. The van der Waals surface area contributed by atoms with Gasteiger partial charge in [0.25, 0.3) is 0 Å². The number of nitrogens with one attached hydrogen (secondary N) is 1. The van der Waals surface area contributed by atoms with Crippen LogP contribution in [-0.2, 0) is 15.5 Å². The number of piperidine rings is 1. The summed E-state index contributed by atoms with van der Waals surface area (Å²) in [6.07, 6.45) is 4.46. The van der Waals surface area contributed by atoms with Crippen LogP contribution in [0, 0.1) is 0 Å². The molecule has 1 aliphatic rings. The molecule has 0 spiro atoms. The monoisotopic (exact) mass is 318 g/mol. The van der Waals surface area contributed by atoms with E-state index in [0.29, 0.717) is 18.6 Å². The lowest BCUT2D eigenvalue weighted by Gasteiger charge is -2.35. The summed E-state index contributed by atoms with van der Waals surface area (Å²) in [4.78, 5) is 13.9. The van der Waals surface area contributed by atoms with Crippen molar-refractivity contribution in [2.75, 3.05) is 25.1 Å². The zero-order valence-corrected chi connectivity index (χ0v) is 14.8. The van der Waals surface area contributed by atoms with E-state index < -0.39 is 16.4 Å². The van der Waals surface area contributed by atoms with Gasteiger partial charge in [0, 0.05) is 48.0 Å². The van der Waals surface area contributed by atoms with Crippen molar-refractivity contribution in [3.8, 4) is 0 Å².